The summed E-state index contributed by atoms with van der Waals surface area (Å²) < 4.78 is 0. The van der Waals surface area contributed by atoms with Crippen molar-refractivity contribution in [3.8, 4) is 0 Å². The van der Waals surface area contributed by atoms with Crippen molar-refractivity contribution < 1.29 is 9.90 Å². The minimum absolute atomic E-state index is 0.260. The molecular formula is C15H19N3O2S. The lowest BCUT2D eigenvalue weighted by Crippen LogP contribution is -2.21. The summed E-state index contributed by atoms with van der Waals surface area (Å²) in [4.78, 5) is 24.2. The Hall–Kier alpha value is -1.69. The molecule has 1 N–H and O–H groups in total. The van der Waals surface area contributed by atoms with E-state index in [0.717, 1.165) is 48.4 Å². The monoisotopic (exact) mass is 305 g/mol. The molecule has 0 bridgehead atoms. The first kappa shape index (κ1) is 14.3. The largest absolute Gasteiger partial charge is 0.481 e. The first-order valence-corrected chi connectivity index (χ1v) is 8.19. The molecule has 0 saturated carbocycles. The molecule has 5 nitrogen and oxygen atoms in total. The first-order valence-electron chi connectivity index (χ1n) is 7.37. The summed E-state index contributed by atoms with van der Waals surface area (Å²) in [5.74, 6) is 0.757. The maximum absolute atomic E-state index is 10.7. The topological polar surface area (TPSA) is 66.3 Å². The Morgan fingerprint density at radius 3 is 3.14 bits per heavy atom. The molecule has 0 radical (unpaired) electrons. The number of anilines is 1. The van der Waals surface area contributed by atoms with Crippen LogP contribution in [-0.4, -0.2) is 34.1 Å². The Bertz CT molecular complexity index is 655. The molecular weight excluding hydrogens is 286 g/mol. The maximum Gasteiger partial charge on any atom is 0.303 e. The van der Waals surface area contributed by atoms with Crippen LogP contribution in [0.5, 0.6) is 0 Å². The average Bonchev–Trinajstić information content (AvgIpc) is 3.10. The molecule has 1 atom stereocenters. The van der Waals surface area contributed by atoms with Crippen molar-refractivity contribution in [3.05, 3.63) is 17.3 Å². The lowest BCUT2D eigenvalue weighted by molar-refractivity contribution is -0.137. The van der Waals surface area contributed by atoms with E-state index in [9.17, 15) is 4.79 Å². The second-order valence-corrected chi connectivity index (χ2v) is 6.63. The number of carboxylic acid groups (broad SMARTS) is 1. The van der Waals surface area contributed by atoms with Gasteiger partial charge in [-0.25, -0.2) is 9.97 Å². The zero-order chi connectivity index (χ0) is 14.8. The third-order valence-electron chi connectivity index (χ3n) is 4.06. The molecule has 2 aromatic heterocycles. The van der Waals surface area contributed by atoms with Gasteiger partial charge in [0.15, 0.2) is 0 Å². The number of aromatic nitrogens is 2. The van der Waals surface area contributed by atoms with Gasteiger partial charge in [-0.1, -0.05) is 6.92 Å². The van der Waals surface area contributed by atoms with Crippen LogP contribution in [0.4, 0.5) is 5.82 Å². The van der Waals surface area contributed by atoms with Crippen LogP contribution in [0.3, 0.4) is 0 Å². The van der Waals surface area contributed by atoms with E-state index in [2.05, 4.69) is 27.9 Å². The molecule has 0 spiro atoms. The van der Waals surface area contributed by atoms with Crippen LogP contribution in [0.15, 0.2) is 12.4 Å². The van der Waals surface area contributed by atoms with Gasteiger partial charge >= 0.3 is 5.97 Å². The van der Waals surface area contributed by atoms with Crippen LogP contribution in [0.1, 0.15) is 31.1 Å². The smallest absolute Gasteiger partial charge is 0.303 e. The molecule has 0 amide bonds. The van der Waals surface area contributed by atoms with Crippen molar-refractivity contribution in [2.45, 2.75) is 32.6 Å². The van der Waals surface area contributed by atoms with E-state index in [1.165, 1.54) is 4.88 Å². The van der Waals surface area contributed by atoms with Gasteiger partial charge in [-0.05, 0) is 31.2 Å². The van der Waals surface area contributed by atoms with Gasteiger partial charge in [-0.3, -0.25) is 4.79 Å². The van der Waals surface area contributed by atoms with Gasteiger partial charge in [0.05, 0.1) is 5.39 Å². The fourth-order valence-electron chi connectivity index (χ4n) is 2.91. The van der Waals surface area contributed by atoms with Gasteiger partial charge in [-0.2, -0.15) is 0 Å². The minimum Gasteiger partial charge on any atom is -0.481 e. The Morgan fingerprint density at radius 1 is 1.52 bits per heavy atom. The van der Waals surface area contributed by atoms with E-state index >= 15 is 0 Å². The Morgan fingerprint density at radius 2 is 2.38 bits per heavy atom. The molecule has 2 aromatic rings. The number of carbonyl (C=O) groups is 1. The van der Waals surface area contributed by atoms with Crippen molar-refractivity contribution in [1.82, 2.24) is 9.97 Å². The molecule has 21 heavy (non-hydrogen) atoms. The zero-order valence-corrected chi connectivity index (χ0v) is 12.9. The van der Waals surface area contributed by atoms with Crippen molar-refractivity contribution >= 4 is 33.3 Å². The summed E-state index contributed by atoms with van der Waals surface area (Å²) in [7, 11) is 0. The van der Waals surface area contributed by atoms with E-state index in [0.29, 0.717) is 5.92 Å². The fraction of sp³-hybridized carbons (Fsp3) is 0.533. The van der Waals surface area contributed by atoms with Crippen LogP contribution in [0.2, 0.25) is 0 Å². The van der Waals surface area contributed by atoms with Gasteiger partial charge in [0, 0.05) is 24.4 Å². The van der Waals surface area contributed by atoms with Gasteiger partial charge in [0.1, 0.15) is 17.0 Å². The van der Waals surface area contributed by atoms with E-state index in [-0.39, 0.29) is 6.42 Å². The highest BCUT2D eigenvalue weighted by Gasteiger charge is 2.25. The quantitative estimate of drug-likeness (QED) is 0.920. The molecule has 0 aliphatic carbocycles. The van der Waals surface area contributed by atoms with Gasteiger partial charge < -0.3 is 10.0 Å². The number of aliphatic carboxylic acids is 1. The molecule has 0 aromatic carbocycles. The number of carboxylic acids is 1. The van der Waals surface area contributed by atoms with E-state index in [1.54, 1.807) is 17.7 Å². The first-order chi connectivity index (χ1) is 10.2. The van der Waals surface area contributed by atoms with E-state index in [4.69, 9.17) is 5.11 Å². The summed E-state index contributed by atoms with van der Waals surface area (Å²) in [6, 6.07) is 2.19. The Labute approximate surface area is 127 Å². The van der Waals surface area contributed by atoms with Crippen molar-refractivity contribution in [2.24, 2.45) is 5.92 Å². The number of hydrogen-bond donors (Lipinski definition) is 1. The fourth-order valence-corrected chi connectivity index (χ4v) is 3.84. The third-order valence-corrected chi connectivity index (χ3v) is 5.25. The van der Waals surface area contributed by atoms with Crippen LogP contribution < -0.4 is 4.90 Å². The molecule has 1 fully saturated rings. The lowest BCUT2D eigenvalue weighted by atomic mass is 10.0. The van der Waals surface area contributed by atoms with Crippen LogP contribution in [-0.2, 0) is 11.2 Å². The predicted octanol–water partition coefficient (Wildman–Crippen LogP) is 2.94. The Balaban J connectivity index is 1.78. The molecule has 1 aliphatic heterocycles. The summed E-state index contributed by atoms with van der Waals surface area (Å²) in [5.41, 5.74) is 0. The third kappa shape index (κ3) is 3.00. The number of thiophene rings is 1. The maximum atomic E-state index is 10.7. The van der Waals surface area contributed by atoms with Crippen molar-refractivity contribution in [1.29, 1.82) is 0 Å². The SMILES string of the molecule is CCc1cc2c(N3CCC(CCC(=O)O)C3)ncnc2s1. The summed E-state index contributed by atoms with van der Waals surface area (Å²) in [5, 5.41) is 9.93. The summed E-state index contributed by atoms with van der Waals surface area (Å²) >= 11 is 1.73. The van der Waals surface area contributed by atoms with Crippen LogP contribution in [0, 0.1) is 5.92 Å². The molecule has 1 aliphatic rings. The molecule has 6 heteroatoms. The molecule has 112 valence electrons. The van der Waals surface area contributed by atoms with Crippen molar-refractivity contribution in [3.63, 3.8) is 0 Å². The highest BCUT2D eigenvalue weighted by molar-refractivity contribution is 7.18. The standard InChI is InChI=1S/C15H19N3O2S/c1-2-11-7-12-14(16-9-17-15(12)21-11)18-6-5-10(8-18)3-4-13(19)20/h7,9-10H,2-6,8H2,1H3,(H,19,20). The molecule has 1 unspecified atom stereocenters. The molecule has 1 saturated heterocycles. The minimum atomic E-state index is -0.705. The second kappa shape index (κ2) is 5.97. The lowest BCUT2D eigenvalue weighted by Gasteiger charge is -2.17. The highest BCUT2D eigenvalue weighted by Crippen LogP contribution is 2.33. The second-order valence-electron chi connectivity index (χ2n) is 5.52. The molecule has 3 rings (SSSR count). The highest BCUT2D eigenvalue weighted by atomic mass is 32.1. The molecule has 3 heterocycles. The number of aryl methyl sites for hydroxylation is 1. The zero-order valence-electron chi connectivity index (χ0n) is 12.1. The number of rotatable bonds is 5. The summed E-state index contributed by atoms with van der Waals surface area (Å²) in [6.07, 6.45) is 4.71. The predicted molar refractivity (Wildman–Crippen MR) is 84.0 cm³/mol. The average molecular weight is 305 g/mol. The van der Waals surface area contributed by atoms with Gasteiger partial charge in [0.2, 0.25) is 0 Å². The number of nitrogens with zero attached hydrogens (tertiary/aromatic N) is 3. The van der Waals surface area contributed by atoms with Crippen LogP contribution in [0.25, 0.3) is 10.2 Å². The number of hydrogen-bond acceptors (Lipinski definition) is 5. The van der Waals surface area contributed by atoms with Gasteiger partial charge in [-0.15, -0.1) is 11.3 Å². The van der Waals surface area contributed by atoms with E-state index in [1.807, 2.05) is 0 Å². The Kier molecular flexibility index (Phi) is 4.05. The van der Waals surface area contributed by atoms with Crippen LogP contribution >= 0.6 is 11.3 Å². The van der Waals surface area contributed by atoms with E-state index < -0.39 is 5.97 Å². The van der Waals surface area contributed by atoms with Gasteiger partial charge in [0.25, 0.3) is 0 Å². The normalized spacial score (nSPS) is 18.5. The number of fused-ring (bicyclic) bond motifs is 1. The van der Waals surface area contributed by atoms with Crippen molar-refractivity contribution in [2.75, 3.05) is 18.0 Å². The summed E-state index contributed by atoms with van der Waals surface area (Å²) in [6.45, 7) is 4.00.